The van der Waals surface area contributed by atoms with Crippen molar-refractivity contribution in [2.24, 2.45) is 0 Å². The van der Waals surface area contributed by atoms with Crippen molar-refractivity contribution < 1.29 is 9.90 Å². The zero-order chi connectivity index (χ0) is 10.6. The highest BCUT2D eigenvalue weighted by atomic mass is 35.8. The maximum Gasteiger partial charge on any atom is 0.347 e. The lowest BCUT2D eigenvalue weighted by molar-refractivity contribution is -0.132. The van der Waals surface area contributed by atoms with E-state index in [9.17, 15) is 4.79 Å². The number of carbonyl (C=O) groups is 1. The Morgan fingerprint density at radius 3 is 2.23 bits per heavy atom. The summed E-state index contributed by atoms with van der Waals surface area (Å²) in [5.41, 5.74) is -0.000671. The van der Waals surface area contributed by atoms with E-state index in [1.807, 2.05) is 6.92 Å². The van der Waals surface area contributed by atoms with Crippen molar-refractivity contribution in [1.82, 2.24) is 0 Å². The molecule has 0 aromatic rings. The van der Waals surface area contributed by atoms with Crippen LogP contribution >= 0.6 is 33.2 Å². The summed E-state index contributed by atoms with van der Waals surface area (Å²) in [5, 5.41) is 8.61. The molecule has 0 saturated heterocycles. The van der Waals surface area contributed by atoms with E-state index in [2.05, 4.69) is 0 Å². The Labute approximate surface area is 92.6 Å². The quantitative estimate of drug-likeness (QED) is 0.478. The molecule has 1 atom stereocenters. The Morgan fingerprint density at radius 1 is 1.54 bits per heavy atom. The van der Waals surface area contributed by atoms with Crippen molar-refractivity contribution in [2.75, 3.05) is 0 Å². The van der Waals surface area contributed by atoms with Crippen LogP contribution in [0.25, 0.3) is 0 Å². The number of carboxylic acid groups (broad SMARTS) is 1. The number of allylic oxidation sites excluding steroid dienone is 1. The van der Waals surface area contributed by atoms with Gasteiger partial charge in [0.15, 0.2) is 0 Å². The summed E-state index contributed by atoms with van der Waals surface area (Å²) in [7, 11) is 0. The fraction of sp³-hybridized carbons (Fsp3) is 0.571. The molecule has 0 aliphatic carbocycles. The number of rotatable bonds is 4. The van der Waals surface area contributed by atoms with E-state index in [-0.39, 0.29) is 11.1 Å². The van der Waals surface area contributed by atoms with Gasteiger partial charge in [-0.15, -0.1) is 33.2 Å². The average molecular weight is 262 g/mol. The van der Waals surface area contributed by atoms with E-state index >= 15 is 0 Å². The van der Waals surface area contributed by atoms with Crippen molar-refractivity contribution >= 4 is 45.2 Å². The van der Waals surface area contributed by atoms with Gasteiger partial charge in [0.2, 0.25) is 0 Å². The Hall–Kier alpha value is 0.297. The highest BCUT2D eigenvalue weighted by molar-refractivity contribution is 7.65. The summed E-state index contributed by atoms with van der Waals surface area (Å²) >= 11 is 17.3. The van der Waals surface area contributed by atoms with Gasteiger partial charge in [0.1, 0.15) is 0 Å². The van der Waals surface area contributed by atoms with E-state index in [1.54, 1.807) is 0 Å². The van der Waals surface area contributed by atoms with Crippen LogP contribution in [0.2, 0.25) is 5.54 Å². The second-order valence-corrected chi connectivity index (χ2v) is 11.6. The topological polar surface area (TPSA) is 37.3 Å². The fourth-order valence-corrected chi connectivity index (χ4v) is 3.67. The number of hydrogen-bond donors (Lipinski definition) is 1. The second kappa shape index (κ2) is 5.25. The Balaban J connectivity index is 4.64. The van der Waals surface area contributed by atoms with Crippen LogP contribution in [-0.4, -0.2) is 17.1 Å². The molecule has 0 bridgehead atoms. The summed E-state index contributed by atoms with van der Waals surface area (Å²) in [6.45, 7) is 3.36. The summed E-state index contributed by atoms with van der Waals surface area (Å²) in [6.07, 6.45) is 2.18. The first-order valence-electron chi connectivity index (χ1n) is 3.77. The van der Waals surface area contributed by atoms with E-state index < -0.39 is 12.0 Å². The lowest BCUT2D eigenvalue weighted by Gasteiger charge is -2.16. The molecular formula is C7H11Cl3O2Si. The van der Waals surface area contributed by atoms with Crippen molar-refractivity contribution in [3.8, 4) is 0 Å². The highest BCUT2D eigenvalue weighted by Crippen LogP contribution is 2.37. The van der Waals surface area contributed by atoms with Crippen molar-refractivity contribution in [3.63, 3.8) is 0 Å². The molecule has 6 heteroatoms. The maximum atomic E-state index is 10.5. The van der Waals surface area contributed by atoms with E-state index in [4.69, 9.17) is 38.3 Å². The third kappa shape index (κ3) is 4.91. The van der Waals surface area contributed by atoms with Gasteiger partial charge in [0.05, 0.1) is 0 Å². The smallest absolute Gasteiger partial charge is 0.347 e. The van der Waals surface area contributed by atoms with Gasteiger partial charge in [-0.25, -0.2) is 4.79 Å². The number of hydrogen-bond acceptors (Lipinski definition) is 1. The molecular weight excluding hydrogens is 251 g/mol. The highest BCUT2D eigenvalue weighted by Gasteiger charge is 2.34. The van der Waals surface area contributed by atoms with Crippen LogP contribution < -0.4 is 0 Å². The van der Waals surface area contributed by atoms with Crippen LogP contribution in [0.1, 0.15) is 20.3 Å². The number of aliphatic carboxylic acids is 1. The summed E-state index contributed by atoms with van der Waals surface area (Å²) in [4.78, 5) is 10.5. The van der Waals surface area contributed by atoms with E-state index in [0.29, 0.717) is 6.42 Å². The molecule has 13 heavy (non-hydrogen) atoms. The zero-order valence-electron chi connectivity index (χ0n) is 7.35. The molecule has 0 spiro atoms. The third-order valence-corrected chi connectivity index (χ3v) is 5.59. The molecule has 0 aliphatic heterocycles. The van der Waals surface area contributed by atoms with E-state index in [0.717, 1.165) is 0 Å². The van der Waals surface area contributed by atoms with Gasteiger partial charge in [-0.3, -0.25) is 0 Å². The number of halogens is 3. The largest absolute Gasteiger partial charge is 0.478 e. The first kappa shape index (κ1) is 13.3. The monoisotopic (exact) mass is 260 g/mol. The minimum absolute atomic E-state index is 0.227. The molecule has 0 saturated carbocycles. The van der Waals surface area contributed by atoms with Gasteiger partial charge in [0.25, 0.3) is 0 Å². The first-order valence-corrected chi connectivity index (χ1v) is 8.88. The van der Waals surface area contributed by atoms with Gasteiger partial charge in [0, 0.05) is 11.1 Å². The molecule has 0 aromatic carbocycles. The Kier molecular flexibility index (Phi) is 5.37. The molecule has 1 unspecified atom stereocenters. The van der Waals surface area contributed by atoms with Crippen molar-refractivity contribution in [3.05, 3.63) is 11.6 Å². The van der Waals surface area contributed by atoms with Crippen LogP contribution in [0, 0.1) is 0 Å². The summed E-state index contributed by atoms with van der Waals surface area (Å²) in [5.74, 6) is -0.971. The molecule has 2 nitrogen and oxygen atoms in total. The van der Waals surface area contributed by atoms with Gasteiger partial charge in [-0.1, -0.05) is 13.0 Å². The van der Waals surface area contributed by atoms with Gasteiger partial charge >= 0.3 is 12.0 Å². The van der Waals surface area contributed by atoms with Gasteiger partial charge in [-0.05, 0) is 13.3 Å². The number of carboxylic acids is 1. The summed E-state index contributed by atoms with van der Waals surface area (Å²) < 4.78 is 0. The molecule has 0 heterocycles. The van der Waals surface area contributed by atoms with Gasteiger partial charge in [-0.2, -0.15) is 0 Å². The second-order valence-electron chi connectivity index (χ2n) is 2.71. The molecule has 0 aromatic heterocycles. The standard InChI is InChI=1S/C7H11Cl3O2Si/c1-3-6(13(8,9)10)4-5(2)7(11)12/h4,6H,3H2,1-2H3,(H,11,12). The van der Waals surface area contributed by atoms with Crippen LogP contribution in [-0.2, 0) is 4.79 Å². The minimum atomic E-state index is -2.82. The van der Waals surface area contributed by atoms with Crippen LogP contribution in [0.15, 0.2) is 11.6 Å². The normalized spacial score (nSPS) is 15.6. The molecule has 76 valence electrons. The molecule has 0 rings (SSSR count). The fourth-order valence-electron chi connectivity index (χ4n) is 0.817. The van der Waals surface area contributed by atoms with Crippen molar-refractivity contribution in [1.29, 1.82) is 0 Å². The predicted molar refractivity (Wildman–Crippen MR) is 58.7 cm³/mol. The third-order valence-electron chi connectivity index (χ3n) is 1.65. The van der Waals surface area contributed by atoms with Crippen LogP contribution in [0.3, 0.4) is 0 Å². The average Bonchev–Trinajstić information content (AvgIpc) is 1.96. The van der Waals surface area contributed by atoms with Crippen molar-refractivity contribution in [2.45, 2.75) is 25.8 Å². The first-order chi connectivity index (χ1) is 5.79. The maximum absolute atomic E-state index is 10.5. The molecule has 0 radical (unpaired) electrons. The SMILES string of the molecule is CCC(C=C(C)C(=O)O)[Si](Cl)(Cl)Cl. The van der Waals surface area contributed by atoms with Crippen LogP contribution in [0.4, 0.5) is 0 Å². The van der Waals surface area contributed by atoms with Crippen LogP contribution in [0.5, 0.6) is 0 Å². The van der Waals surface area contributed by atoms with Gasteiger partial charge < -0.3 is 5.11 Å². The lowest BCUT2D eigenvalue weighted by Crippen LogP contribution is -2.18. The Bertz CT molecular complexity index is 222. The summed E-state index contributed by atoms with van der Waals surface area (Å²) in [6, 6.07) is -2.82. The molecule has 0 amide bonds. The minimum Gasteiger partial charge on any atom is -0.478 e. The van der Waals surface area contributed by atoms with E-state index in [1.165, 1.54) is 13.0 Å². The zero-order valence-corrected chi connectivity index (χ0v) is 10.6. The molecule has 0 aliphatic rings. The lowest BCUT2D eigenvalue weighted by atomic mass is 10.2. The Morgan fingerprint density at radius 2 is 2.00 bits per heavy atom. The molecule has 0 fully saturated rings. The predicted octanol–water partition coefficient (Wildman–Crippen LogP) is 3.45. The molecule has 1 N–H and O–H groups in total.